The quantitative estimate of drug-likeness (QED) is 0.602. The smallest absolute Gasteiger partial charge is 0.293 e. The Hall–Kier alpha value is -2.53. The lowest BCUT2D eigenvalue weighted by Gasteiger charge is -2.10. The Balaban J connectivity index is 1.68. The maximum Gasteiger partial charge on any atom is 0.293 e. The van der Waals surface area contributed by atoms with Crippen LogP contribution >= 0.6 is 11.8 Å². The summed E-state index contributed by atoms with van der Waals surface area (Å²) in [4.78, 5) is 26.3. The van der Waals surface area contributed by atoms with Crippen molar-refractivity contribution < 1.29 is 14.3 Å². The first-order valence-corrected chi connectivity index (χ1v) is 9.92. The molecule has 4 nitrogen and oxygen atoms in total. The number of carbonyl (C=O) groups excluding carboxylic acids is 2. The lowest BCUT2D eigenvalue weighted by Crippen LogP contribution is -2.29. The van der Waals surface area contributed by atoms with E-state index in [2.05, 4.69) is 19.1 Å². The monoisotopic (exact) mass is 381 g/mol. The van der Waals surface area contributed by atoms with Crippen molar-refractivity contribution in [3.63, 3.8) is 0 Å². The van der Waals surface area contributed by atoms with Gasteiger partial charge in [0.1, 0.15) is 12.4 Å². The minimum Gasteiger partial charge on any atom is -0.489 e. The van der Waals surface area contributed by atoms with Crippen molar-refractivity contribution in [3.05, 3.63) is 70.1 Å². The fourth-order valence-corrected chi connectivity index (χ4v) is 3.57. The van der Waals surface area contributed by atoms with Crippen LogP contribution in [0.25, 0.3) is 6.08 Å². The maximum atomic E-state index is 12.4. The van der Waals surface area contributed by atoms with Crippen LogP contribution in [0.15, 0.2) is 53.4 Å². The zero-order chi connectivity index (χ0) is 19.2. The van der Waals surface area contributed by atoms with Gasteiger partial charge in [-0.05, 0) is 54.4 Å². The lowest BCUT2D eigenvalue weighted by molar-refractivity contribution is -0.122. The second kappa shape index (κ2) is 8.91. The normalized spacial score (nSPS) is 15.6. The number of amides is 2. The van der Waals surface area contributed by atoms with Crippen molar-refractivity contribution in [1.82, 2.24) is 4.90 Å². The second-order valence-electron chi connectivity index (χ2n) is 6.53. The number of aryl methyl sites for hydroxylation is 1. The number of hydrogen-bond donors (Lipinski definition) is 0. The zero-order valence-electron chi connectivity index (χ0n) is 15.6. The number of nitrogens with zero attached hydrogens (tertiary/aromatic N) is 1. The summed E-state index contributed by atoms with van der Waals surface area (Å²) in [6, 6.07) is 15.8. The van der Waals surface area contributed by atoms with Crippen LogP contribution in [-0.2, 0) is 11.4 Å². The van der Waals surface area contributed by atoms with Gasteiger partial charge in [-0.1, -0.05) is 55.3 Å². The minimum absolute atomic E-state index is 0.188. The predicted octanol–water partition coefficient (Wildman–Crippen LogP) is 5.41. The number of unbranched alkanes of at least 4 members (excludes halogenated alkanes) is 1. The van der Waals surface area contributed by atoms with Gasteiger partial charge in [0.2, 0.25) is 0 Å². The molecular formula is C22H23NO3S. The van der Waals surface area contributed by atoms with E-state index in [4.69, 9.17) is 4.74 Å². The van der Waals surface area contributed by atoms with Gasteiger partial charge in [-0.3, -0.25) is 14.5 Å². The molecule has 1 heterocycles. The summed E-state index contributed by atoms with van der Waals surface area (Å²) in [5.41, 5.74) is 3.16. The van der Waals surface area contributed by atoms with Crippen LogP contribution < -0.4 is 4.74 Å². The molecule has 0 saturated carbocycles. The zero-order valence-corrected chi connectivity index (χ0v) is 16.4. The highest BCUT2D eigenvalue weighted by Crippen LogP contribution is 2.32. The minimum atomic E-state index is -0.204. The van der Waals surface area contributed by atoms with E-state index in [-0.39, 0.29) is 11.1 Å². The van der Waals surface area contributed by atoms with Crippen molar-refractivity contribution in [1.29, 1.82) is 0 Å². The van der Waals surface area contributed by atoms with E-state index in [0.717, 1.165) is 41.5 Å². The summed E-state index contributed by atoms with van der Waals surface area (Å²) < 4.78 is 5.86. The predicted molar refractivity (Wildman–Crippen MR) is 110 cm³/mol. The molecule has 0 N–H and O–H groups in total. The molecule has 0 radical (unpaired) electrons. The van der Waals surface area contributed by atoms with Gasteiger partial charge in [0, 0.05) is 6.54 Å². The largest absolute Gasteiger partial charge is 0.489 e. The number of benzene rings is 2. The van der Waals surface area contributed by atoms with E-state index in [1.54, 1.807) is 6.08 Å². The van der Waals surface area contributed by atoms with Crippen molar-refractivity contribution in [2.75, 3.05) is 6.54 Å². The Morgan fingerprint density at radius 3 is 2.63 bits per heavy atom. The molecule has 3 rings (SSSR count). The van der Waals surface area contributed by atoms with E-state index < -0.39 is 0 Å². The van der Waals surface area contributed by atoms with Gasteiger partial charge in [0.15, 0.2) is 0 Å². The van der Waals surface area contributed by atoms with Gasteiger partial charge in [-0.2, -0.15) is 0 Å². The molecule has 2 aromatic rings. The Kier molecular flexibility index (Phi) is 6.35. The molecule has 1 saturated heterocycles. The van der Waals surface area contributed by atoms with Gasteiger partial charge in [0.25, 0.3) is 11.1 Å². The summed E-state index contributed by atoms with van der Waals surface area (Å²) in [5.74, 6) is 0.527. The highest BCUT2D eigenvalue weighted by molar-refractivity contribution is 8.18. The first-order valence-electron chi connectivity index (χ1n) is 9.10. The molecule has 0 unspecified atom stereocenters. The van der Waals surface area contributed by atoms with Crippen LogP contribution in [-0.4, -0.2) is 22.6 Å². The molecule has 140 valence electrons. The standard InChI is InChI=1S/C22H23NO3S/c1-3-4-12-23-21(24)20(27-22(23)25)14-18-6-5-7-19(13-18)26-15-17-10-8-16(2)9-11-17/h5-11,13-14H,3-4,12,15H2,1-2H3. The van der Waals surface area contributed by atoms with Gasteiger partial charge < -0.3 is 4.74 Å². The van der Waals surface area contributed by atoms with E-state index in [0.29, 0.717) is 18.1 Å². The Morgan fingerprint density at radius 2 is 1.89 bits per heavy atom. The number of carbonyl (C=O) groups is 2. The van der Waals surface area contributed by atoms with E-state index in [1.807, 2.05) is 43.3 Å². The molecule has 0 aliphatic carbocycles. The summed E-state index contributed by atoms with van der Waals surface area (Å²) in [6.07, 6.45) is 3.53. The molecular weight excluding hydrogens is 358 g/mol. The topological polar surface area (TPSA) is 46.6 Å². The number of imide groups is 1. The molecule has 0 aromatic heterocycles. The third-order valence-corrected chi connectivity index (χ3v) is 5.20. The molecule has 1 aliphatic rings. The third kappa shape index (κ3) is 5.01. The third-order valence-electron chi connectivity index (χ3n) is 4.29. The average Bonchev–Trinajstić information content (AvgIpc) is 2.93. The van der Waals surface area contributed by atoms with Crippen molar-refractivity contribution in [3.8, 4) is 5.75 Å². The number of hydrogen-bond acceptors (Lipinski definition) is 4. The van der Waals surface area contributed by atoms with Gasteiger partial charge in [0.05, 0.1) is 4.91 Å². The van der Waals surface area contributed by atoms with E-state index in [1.165, 1.54) is 10.5 Å². The Morgan fingerprint density at radius 1 is 1.11 bits per heavy atom. The van der Waals surface area contributed by atoms with Gasteiger partial charge in [-0.15, -0.1) is 0 Å². The lowest BCUT2D eigenvalue weighted by atomic mass is 10.1. The van der Waals surface area contributed by atoms with Gasteiger partial charge in [-0.25, -0.2) is 0 Å². The molecule has 0 bridgehead atoms. The fourth-order valence-electron chi connectivity index (χ4n) is 2.71. The SMILES string of the molecule is CCCCN1C(=O)SC(=Cc2cccc(OCc3ccc(C)cc3)c2)C1=O. The Labute approximate surface area is 164 Å². The molecule has 2 amide bonds. The van der Waals surface area contributed by atoms with Crippen LogP contribution in [0.4, 0.5) is 4.79 Å². The Bertz CT molecular complexity index is 858. The molecule has 2 aromatic carbocycles. The van der Waals surface area contributed by atoms with Crippen LogP contribution in [0.2, 0.25) is 0 Å². The number of rotatable bonds is 7. The highest BCUT2D eigenvalue weighted by Gasteiger charge is 2.34. The summed E-state index contributed by atoms with van der Waals surface area (Å²) in [6.45, 7) is 5.06. The first-order chi connectivity index (χ1) is 13.1. The molecule has 5 heteroatoms. The molecule has 1 aliphatic heterocycles. The number of thioether (sulfide) groups is 1. The molecule has 27 heavy (non-hydrogen) atoms. The van der Waals surface area contributed by atoms with E-state index in [9.17, 15) is 9.59 Å². The summed E-state index contributed by atoms with van der Waals surface area (Å²) in [7, 11) is 0. The van der Waals surface area contributed by atoms with Crippen molar-refractivity contribution >= 4 is 29.0 Å². The highest BCUT2D eigenvalue weighted by atomic mass is 32.2. The second-order valence-corrected chi connectivity index (χ2v) is 7.53. The average molecular weight is 381 g/mol. The van der Waals surface area contributed by atoms with Crippen molar-refractivity contribution in [2.45, 2.75) is 33.3 Å². The first kappa shape index (κ1) is 19.2. The van der Waals surface area contributed by atoms with Crippen LogP contribution in [0.1, 0.15) is 36.5 Å². The van der Waals surface area contributed by atoms with E-state index >= 15 is 0 Å². The maximum absolute atomic E-state index is 12.4. The fraction of sp³-hybridized carbons (Fsp3) is 0.273. The van der Waals surface area contributed by atoms with Crippen LogP contribution in [0, 0.1) is 6.92 Å². The summed E-state index contributed by atoms with van der Waals surface area (Å²) >= 11 is 1.00. The number of ether oxygens (including phenoxy) is 1. The van der Waals surface area contributed by atoms with Crippen LogP contribution in [0.3, 0.4) is 0 Å². The summed E-state index contributed by atoms with van der Waals surface area (Å²) in [5, 5.41) is -0.188. The van der Waals surface area contributed by atoms with Crippen LogP contribution in [0.5, 0.6) is 5.75 Å². The molecule has 0 atom stereocenters. The molecule has 1 fully saturated rings. The van der Waals surface area contributed by atoms with Crippen molar-refractivity contribution in [2.24, 2.45) is 0 Å². The molecule has 0 spiro atoms. The van der Waals surface area contributed by atoms with Gasteiger partial charge >= 0.3 is 0 Å².